The fourth-order valence-electron chi connectivity index (χ4n) is 3.66. The molecule has 3 rings (SSSR count). The first-order valence-electron chi connectivity index (χ1n) is 8.38. The first-order chi connectivity index (χ1) is 10.7. The minimum Gasteiger partial charge on any atom is -0.506 e. The van der Waals surface area contributed by atoms with Crippen LogP contribution in [-0.4, -0.2) is 40.0 Å². The molecule has 1 atom stereocenters. The van der Waals surface area contributed by atoms with E-state index in [-0.39, 0.29) is 17.6 Å². The maximum absolute atomic E-state index is 12.3. The largest absolute Gasteiger partial charge is 0.506 e. The molecule has 1 aliphatic carbocycles. The Morgan fingerprint density at radius 2 is 2.14 bits per heavy atom. The second-order valence-corrected chi connectivity index (χ2v) is 6.46. The van der Waals surface area contributed by atoms with Gasteiger partial charge >= 0.3 is 0 Å². The number of aromatic nitrogens is 1. The number of carbonyl (C=O) groups is 1. The number of hydrogen-bond acceptors (Lipinski definition) is 4. The molecule has 2 aliphatic rings. The molecule has 0 unspecified atom stereocenters. The second kappa shape index (κ2) is 7.09. The summed E-state index contributed by atoms with van der Waals surface area (Å²) in [7, 11) is 0. The van der Waals surface area contributed by atoms with Crippen LogP contribution in [-0.2, 0) is 11.3 Å². The summed E-state index contributed by atoms with van der Waals surface area (Å²) in [5.74, 6) is 0.300. The van der Waals surface area contributed by atoms with Gasteiger partial charge in [-0.2, -0.15) is 0 Å². The topological polar surface area (TPSA) is 65.5 Å². The summed E-state index contributed by atoms with van der Waals surface area (Å²) >= 11 is 0. The van der Waals surface area contributed by atoms with Crippen LogP contribution < -0.4 is 5.32 Å². The number of nitrogens with one attached hydrogen (secondary N) is 1. The normalized spacial score (nSPS) is 23.5. The first kappa shape index (κ1) is 15.3. The Labute approximate surface area is 131 Å². The van der Waals surface area contributed by atoms with E-state index >= 15 is 0 Å². The van der Waals surface area contributed by atoms with Gasteiger partial charge in [0.2, 0.25) is 5.91 Å². The summed E-state index contributed by atoms with van der Waals surface area (Å²) in [5, 5.41) is 12.6. The fourth-order valence-corrected chi connectivity index (χ4v) is 3.66. The molecule has 22 heavy (non-hydrogen) atoms. The van der Waals surface area contributed by atoms with Crippen LogP contribution in [0.25, 0.3) is 0 Å². The molecule has 1 aromatic rings. The van der Waals surface area contributed by atoms with Crippen molar-refractivity contribution in [3.8, 4) is 5.75 Å². The number of likely N-dealkylation sites (tertiary alicyclic amines) is 1. The van der Waals surface area contributed by atoms with Gasteiger partial charge in [0.1, 0.15) is 11.4 Å². The standard InChI is InChI=1S/C17H25N3O2/c21-16-7-4-9-18-15(16)11-19-17(22)13-8-10-20(12-13)14-5-2-1-3-6-14/h4,7,9,13-14,21H,1-3,5-6,8,10-12H2,(H,19,22)/t13-/m1/s1. The van der Waals surface area contributed by atoms with E-state index in [0.717, 1.165) is 19.5 Å². The van der Waals surface area contributed by atoms with Crippen molar-refractivity contribution in [2.24, 2.45) is 5.92 Å². The van der Waals surface area contributed by atoms with Gasteiger partial charge in [0.25, 0.3) is 0 Å². The van der Waals surface area contributed by atoms with Crippen molar-refractivity contribution >= 4 is 5.91 Å². The van der Waals surface area contributed by atoms with Crippen molar-refractivity contribution in [1.82, 2.24) is 15.2 Å². The van der Waals surface area contributed by atoms with Crippen LogP contribution in [0, 0.1) is 5.92 Å². The summed E-state index contributed by atoms with van der Waals surface area (Å²) in [5.41, 5.74) is 0.526. The second-order valence-electron chi connectivity index (χ2n) is 6.46. The lowest BCUT2D eigenvalue weighted by Gasteiger charge is -2.30. The van der Waals surface area contributed by atoms with Gasteiger partial charge in [0.15, 0.2) is 0 Å². The van der Waals surface area contributed by atoms with Crippen molar-refractivity contribution in [2.45, 2.75) is 51.1 Å². The van der Waals surface area contributed by atoms with Gasteiger partial charge in [-0.25, -0.2) is 0 Å². The quantitative estimate of drug-likeness (QED) is 0.893. The molecule has 1 aliphatic heterocycles. The monoisotopic (exact) mass is 303 g/mol. The van der Waals surface area contributed by atoms with E-state index in [1.165, 1.54) is 32.1 Å². The number of hydrogen-bond donors (Lipinski definition) is 2. The predicted octanol–water partition coefficient (Wildman–Crippen LogP) is 2.06. The molecule has 0 bridgehead atoms. The molecule has 0 radical (unpaired) electrons. The van der Waals surface area contributed by atoms with Crippen molar-refractivity contribution < 1.29 is 9.90 Å². The Morgan fingerprint density at radius 1 is 1.32 bits per heavy atom. The zero-order valence-electron chi connectivity index (χ0n) is 13.0. The molecule has 2 heterocycles. The molecular weight excluding hydrogens is 278 g/mol. The van der Waals surface area contributed by atoms with Gasteiger partial charge in [0, 0.05) is 18.8 Å². The van der Waals surface area contributed by atoms with Crippen molar-refractivity contribution in [2.75, 3.05) is 13.1 Å². The van der Waals surface area contributed by atoms with Crippen LogP contribution in [0.5, 0.6) is 5.75 Å². The van der Waals surface area contributed by atoms with Crippen LogP contribution in [0.3, 0.4) is 0 Å². The molecule has 1 saturated carbocycles. The summed E-state index contributed by atoms with van der Waals surface area (Å²) in [6, 6.07) is 3.96. The Hall–Kier alpha value is -1.62. The van der Waals surface area contributed by atoms with Gasteiger partial charge in [-0.3, -0.25) is 14.7 Å². The summed E-state index contributed by atoms with van der Waals surface area (Å²) < 4.78 is 0. The van der Waals surface area contributed by atoms with Crippen LogP contribution >= 0.6 is 0 Å². The maximum Gasteiger partial charge on any atom is 0.224 e. The van der Waals surface area contributed by atoms with Gasteiger partial charge in [-0.05, 0) is 37.9 Å². The molecular formula is C17H25N3O2. The minimum atomic E-state index is 0.0766. The Balaban J connectivity index is 1.48. The number of pyridine rings is 1. The molecule has 2 fully saturated rings. The zero-order chi connectivity index (χ0) is 15.4. The summed E-state index contributed by atoms with van der Waals surface area (Å²) in [4.78, 5) is 18.9. The Kier molecular flexibility index (Phi) is 4.93. The third-order valence-corrected chi connectivity index (χ3v) is 4.98. The van der Waals surface area contributed by atoms with E-state index in [1.807, 2.05) is 0 Å². The third-order valence-electron chi connectivity index (χ3n) is 4.98. The SMILES string of the molecule is O=C(NCc1ncccc1O)[C@@H]1CCN(C2CCCCC2)C1. The highest BCUT2D eigenvalue weighted by Crippen LogP contribution is 2.27. The van der Waals surface area contributed by atoms with E-state index in [9.17, 15) is 9.90 Å². The molecule has 120 valence electrons. The van der Waals surface area contributed by atoms with E-state index in [0.29, 0.717) is 18.3 Å². The Morgan fingerprint density at radius 3 is 2.91 bits per heavy atom. The third kappa shape index (κ3) is 3.58. The molecule has 1 aromatic heterocycles. The molecule has 0 spiro atoms. The lowest BCUT2D eigenvalue weighted by atomic mass is 9.94. The average molecular weight is 303 g/mol. The molecule has 0 aromatic carbocycles. The van der Waals surface area contributed by atoms with E-state index < -0.39 is 0 Å². The van der Waals surface area contributed by atoms with Gasteiger partial charge in [-0.15, -0.1) is 0 Å². The molecule has 2 N–H and O–H groups in total. The predicted molar refractivity (Wildman–Crippen MR) is 84.3 cm³/mol. The minimum absolute atomic E-state index is 0.0766. The van der Waals surface area contributed by atoms with Crippen LogP contribution in [0.15, 0.2) is 18.3 Å². The van der Waals surface area contributed by atoms with E-state index in [1.54, 1.807) is 18.3 Å². The summed E-state index contributed by atoms with van der Waals surface area (Å²) in [6.45, 7) is 2.22. The average Bonchev–Trinajstić information content (AvgIpc) is 3.05. The van der Waals surface area contributed by atoms with Gasteiger partial charge < -0.3 is 10.4 Å². The number of carbonyl (C=O) groups excluding carboxylic acids is 1. The number of nitrogens with zero attached hydrogens (tertiary/aromatic N) is 2. The smallest absolute Gasteiger partial charge is 0.224 e. The van der Waals surface area contributed by atoms with Crippen LogP contribution in [0.2, 0.25) is 0 Å². The van der Waals surface area contributed by atoms with Crippen LogP contribution in [0.4, 0.5) is 0 Å². The summed E-state index contributed by atoms with van der Waals surface area (Å²) in [6.07, 6.45) is 9.17. The molecule has 5 nitrogen and oxygen atoms in total. The Bertz CT molecular complexity index is 514. The van der Waals surface area contributed by atoms with Gasteiger partial charge in [0.05, 0.1) is 12.5 Å². The lowest BCUT2D eigenvalue weighted by molar-refractivity contribution is -0.124. The van der Waals surface area contributed by atoms with Crippen molar-refractivity contribution in [1.29, 1.82) is 0 Å². The highest BCUT2D eigenvalue weighted by molar-refractivity contribution is 5.79. The lowest BCUT2D eigenvalue weighted by Crippen LogP contribution is -2.37. The highest BCUT2D eigenvalue weighted by atomic mass is 16.3. The highest BCUT2D eigenvalue weighted by Gasteiger charge is 2.32. The van der Waals surface area contributed by atoms with Crippen molar-refractivity contribution in [3.05, 3.63) is 24.0 Å². The number of amides is 1. The molecule has 1 saturated heterocycles. The zero-order valence-corrected chi connectivity index (χ0v) is 13.0. The number of rotatable bonds is 4. The molecule has 1 amide bonds. The maximum atomic E-state index is 12.3. The van der Waals surface area contributed by atoms with E-state index in [4.69, 9.17) is 0 Å². The fraction of sp³-hybridized carbons (Fsp3) is 0.647. The van der Waals surface area contributed by atoms with Gasteiger partial charge in [-0.1, -0.05) is 19.3 Å². The van der Waals surface area contributed by atoms with Crippen molar-refractivity contribution in [3.63, 3.8) is 0 Å². The van der Waals surface area contributed by atoms with Crippen LogP contribution in [0.1, 0.15) is 44.2 Å². The number of aromatic hydroxyl groups is 1. The molecule has 5 heteroatoms. The van der Waals surface area contributed by atoms with E-state index in [2.05, 4.69) is 15.2 Å². The first-order valence-corrected chi connectivity index (χ1v) is 8.38.